The molecule has 0 radical (unpaired) electrons. The molecule has 2 heterocycles. The lowest BCUT2D eigenvalue weighted by Crippen LogP contribution is -2.09. The zero-order chi connectivity index (χ0) is 18.3. The van der Waals surface area contributed by atoms with Crippen LogP contribution in [-0.4, -0.2) is 25.7 Å². The first-order chi connectivity index (χ1) is 12.5. The Morgan fingerprint density at radius 3 is 2.77 bits per heavy atom. The third-order valence-corrected chi connectivity index (χ3v) is 5.90. The second-order valence-corrected chi connectivity index (χ2v) is 7.77. The number of aliphatic hydroxyl groups is 1. The van der Waals surface area contributed by atoms with Crippen LogP contribution in [0.3, 0.4) is 0 Å². The van der Waals surface area contributed by atoms with E-state index in [0.29, 0.717) is 22.5 Å². The molecule has 1 aliphatic carbocycles. The Hall–Kier alpha value is -1.82. The highest BCUT2D eigenvalue weighted by Crippen LogP contribution is 2.37. The molecule has 0 aliphatic heterocycles. The Labute approximate surface area is 162 Å². The van der Waals surface area contributed by atoms with Crippen LogP contribution in [-0.2, 0) is 6.54 Å². The molecular formula is C19H20Cl2N4O. The van der Waals surface area contributed by atoms with Crippen LogP contribution < -0.4 is 5.32 Å². The summed E-state index contributed by atoms with van der Waals surface area (Å²) in [5, 5.41) is 15.5. The minimum Gasteiger partial charge on any atom is -0.393 e. The monoisotopic (exact) mass is 390 g/mol. The van der Waals surface area contributed by atoms with Gasteiger partial charge in [-0.25, -0.2) is 9.97 Å². The first-order valence-corrected chi connectivity index (χ1v) is 9.46. The topological polar surface area (TPSA) is 63.0 Å². The first kappa shape index (κ1) is 17.6. The quantitative estimate of drug-likeness (QED) is 0.678. The Morgan fingerprint density at radius 2 is 2.04 bits per heavy atom. The van der Waals surface area contributed by atoms with Gasteiger partial charge in [0.15, 0.2) is 0 Å². The molecule has 0 amide bonds. The largest absolute Gasteiger partial charge is 0.393 e. The maximum absolute atomic E-state index is 10.1. The maximum atomic E-state index is 10.1. The van der Waals surface area contributed by atoms with Crippen molar-refractivity contribution in [3.8, 4) is 0 Å². The lowest BCUT2D eigenvalue weighted by atomic mass is 10.1. The summed E-state index contributed by atoms with van der Waals surface area (Å²) in [4.78, 5) is 8.86. The van der Waals surface area contributed by atoms with Crippen LogP contribution in [0.25, 0.3) is 11.0 Å². The standard InChI is InChI=1S/C19H20Cl2N4O/c1-11-6-13(8-17(11)26)25-5-4-14-18(23-10-24-19(14)25)22-9-12-2-3-15(20)16(21)7-12/h2-5,7,10-11,13,17,26H,6,8-9H2,1H3,(H,22,23,24)/t11-,13+,17-/m0/s1. The van der Waals surface area contributed by atoms with E-state index in [1.54, 1.807) is 12.4 Å². The molecule has 1 saturated carbocycles. The summed E-state index contributed by atoms with van der Waals surface area (Å²) >= 11 is 12.0. The van der Waals surface area contributed by atoms with E-state index >= 15 is 0 Å². The predicted molar refractivity (Wildman–Crippen MR) is 105 cm³/mol. The molecule has 4 rings (SSSR count). The van der Waals surface area contributed by atoms with Crippen LogP contribution in [0, 0.1) is 5.92 Å². The van der Waals surface area contributed by atoms with Gasteiger partial charge in [0.05, 0.1) is 21.5 Å². The van der Waals surface area contributed by atoms with Crippen LogP contribution >= 0.6 is 23.2 Å². The number of nitrogens with zero attached hydrogens (tertiary/aromatic N) is 3. The zero-order valence-corrected chi connectivity index (χ0v) is 15.9. The third kappa shape index (κ3) is 3.27. The van der Waals surface area contributed by atoms with Crippen LogP contribution in [0.1, 0.15) is 31.4 Å². The van der Waals surface area contributed by atoms with Gasteiger partial charge in [0.1, 0.15) is 17.8 Å². The SMILES string of the molecule is C[C@H]1C[C@@H](n2ccc3c(NCc4ccc(Cl)c(Cl)c4)ncnc32)C[C@@H]1O. The molecule has 3 aromatic rings. The molecule has 136 valence electrons. The first-order valence-electron chi connectivity index (χ1n) is 8.70. The second kappa shape index (κ2) is 7.06. The van der Waals surface area contributed by atoms with Crippen LogP contribution in [0.5, 0.6) is 0 Å². The summed E-state index contributed by atoms with van der Waals surface area (Å²) in [5.41, 5.74) is 1.92. The summed E-state index contributed by atoms with van der Waals surface area (Å²) in [6.07, 6.45) is 5.10. The molecule has 1 aliphatic rings. The van der Waals surface area contributed by atoms with Gasteiger partial charge in [0, 0.05) is 18.8 Å². The van der Waals surface area contributed by atoms with Gasteiger partial charge in [0.25, 0.3) is 0 Å². The average Bonchev–Trinajstić information content (AvgIpc) is 3.20. The Kier molecular flexibility index (Phi) is 4.78. The van der Waals surface area contributed by atoms with Crippen LogP contribution in [0.15, 0.2) is 36.8 Å². The smallest absolute Gasteiger partial charge is 0.145 e. The lowest BCUT2D eigenvalue weighted by molar-refractivity contribution is 0.139. The van der Waals surface area contributed by atoms with E-state index in [9.17, 15) is 5.11 Å². The molecular weight excluding hydrogens is 371 g/mol. The lowest BCUT2D eigenvalue weighted by Gasteiger charge is -2.13. The second-order valence-electron chi connectivity index (χ2n) is 6.95. The van der Waals surface area contributed by atoms with Crippen molar-refractivity contribution < 1.29 is 5.11 Å². The Bertz CT molecular complexity index is 932. The van der Waals surface area contributed by atoms with Crippen molar-refractivity contribution in [3.63, 3.8) is 0 Å². The van der Waals surface area contributed by atoms with E-state index in [1.165, 1.54) is 0 Å². The summed E-state index contributed by atoms with van der Waals surface area (Å²) in [6.45, 7) is 2.68. The van der Waals surface area contributed by atoms with E-state index in [1.807, 2.05) is 24.4 Å². The number of fused-ring (bicyclic) bond motifs is 1. The molecule has 2 aromatic heterocycles. The number of aromatic nitrogens is 3. The van der Waals surface area contributed by atoms with Crippen molar-refractivity contribution in [3.05, 3.63) is 52.4 Å². The zero-order valence-electron chi connectivity index (χ0n) is 14.4. The van der Waals surface area contributed by atoms with Gasteiger partial charge in [-0.1, -0.05) is 36.2 Å². The number of benzene rings is 1. The van der Waals surface area contributed by atoms with Gasteiger partial charge in [0.2, 0.25) is 0 Å². The van der Waals surface area contributed by atoms with Crippen molar-refractivity contribution in [1.29, 1.82) is 0 Å². The van der Waals surface area contributed by atoms with Crippen molar-refractivity contribution in [2.75, 3.05) is 5.32 Å². The molecule has 5 nitrogen and oxygen atoms in total. The molecule has 1 fully saturated rings. The highest BCUT2D eigenvalue weighted by molar-refractivity contribution is 6.42. The molecule has 0 spiro atoms. The predicted octanol–water partition coefficient (Wildman–Crippen LogP) is 4.68. The fourth-order valence-corrected chi connectivity index (χ4v) is 3.98. The molecule has 1 aromatic carbocycles. The molecule has 3 atom stereocenters. The summed E-state index contributed by atoms with van der Waals surface area (Å²) in [7, 11) is 0. The molecule has 7 heteroatoms. The van der Waals surface area contributed by atoms with Crippen molar-refractivity contribution >= 4 is 40.1 Å². The highest BCUT2D eigenvalue weighted by Gasteiger charge is 2.31. The number of anilines is 1. The molecule has 0 bridgehead atoms. The van der Waals surface area contributed by atoms with Gasteiger partial charge in [-0.05, 0) is 42.5 Å². The van der Waals surface area contributed by atoms with Crippen LogP contribution in [0.2, 0.25) is 10.0 Å². The van der Waals surface area contributed by atoms with E-state index in [0.717, 1.165) is 35.3 Å². The summed E-state index contributed by atoms with van der Waals surface area (Å²) in [6, 6.07) is 7.88. The minimum absolute atomic E-state index is 0.244. The van der Waals surface area contributed by atoms with Crippen molar-refractivity contribution in [1.82, 2.24) is 14.5 Å². The van der Waals surface area contributed by atoms with E-state index in [-0.39, 0.29) is 12.1 Å². The highest BCUT2D eigenvalue weighted by atomic mass is 35.5. The Morgan fingerprint density at radius 1 is 1.19 bits per heavy atom. The van der Waals surface area contributed by atoms with Gasteiger partial charge < -0.3 is 15.0 Å². The maximum Gasteiger partial charge on any atom is 0.145 e. The van der Waals surface area contributed by atoms with E-state index in [2.05, 4.69) is 26.8 Å². The van der Waals surface area contributed by atoms with Gasteiger partial charge in [-0.3, -0.25) is 0 Å². The normalized spacial score (nSPS) is 22.8. The van der Waals surface area contributed by atoms with Gasteiger partial charge in [-0.2, -0.15) is 0 Å². The fourth-order valence-electron chi connectivity index (χ4n) is 3.66. The van der Waals surface area contributed by atoms with Crippen molar-refractivity contribution in [2.24, 2.45) is 5.92 Å². The minimum atomic E-state index is -0.244. The number of hydrogen-bond donors (Lipinski definition) is 2. The van der Waals surface area contributed by atoms with E-state index < -0.39 is 0 Å². The fraction of sp³-hybridized carbons (Fsp3) is 0.368. The molecule has 0 saturated heterocycles. The number of aliphatic hydroxyl groups excluding tert-OH is 1. The van der Waals surface area contributed by atoms with E-state index in [4.69, 9.17) is 23.2 Å². The molecule has 0 unspecified atom stereocenters. The number of nitrogens with one attached hydrogen (secondary N) is 1. The summed E-state index contributed by atoms with van der Waals surface area (Å²) < 4.78 is 2.16. The molecule has 2 N–H and O–H groups in total. The Balaban J connectivity index is 1.57. The van der Waals surface area contributed by atoms with Crippen LogP contribution in [0.4, 0.5) is 5.82 Å². The number of rotatable bonds is 4. The third-order valence-electron chi connectivity index (χ3n) is 5.16. The van der Waals surface area contributed by atoms with Crippen molar-refractivity contribution in [2.45, 2.75) is 38.5 Å². The summed E-state index contributed by atoms with van der Waals surface area (Å²) in [5.74, 6) is 1.10. The van der Waals surface area contributed by atoms with Gasteiger partial charge in [-0.15, -0.1) is 0 Å². The van der Waals surface area contributed by atoms with Gasteiger partial charge >= 0.3 is 0 Å². The average molecular weight is 391 g/mol. The molecule has 26 heavy (non-hydrogen) atoms. The number of halogens is 2. The number of hydrogen-bond acceptors (Lipinski definition) is 4.